The fourth-order valence-electron chi connectivity index (χ4n) is 6.25. The molecule has 0 heterocycles. The highest BCUT2D eigenvalue weighted by atomic mass is 16.7. The zero-order chi connectivity index (χ0) is 26.3. The van der Waals surface area contributed by atoms with Gasteiger partial charge in [-0.15, -0.1) is 0 Å². The normalized spacial score (nSPS) is 13.8. The minimum Gasteiger partial charge on any atom is -0.355 e. The molecule has 0 spiro atoms. The van der Waals surface area contributed by atoms with E-state index in [1.54, 1.807) is 28.4 Å². The second-order valence-electron chi connectivity index (χ2n) is 9.36. The number of fused-ring (bicyclic) bond motifs is 1. The van der Waals surface area contributed by atoms with E-state index in [1.807, 2.05) is 12.1 Å². The van der Waals surface area contributed by atoms with Gasteiger partial charge in [-0.3, -0.25) is 0 Å². The van der Waals surface area contributed by atoms with Gasteiger partial charge in [0.05, 0.1) is 0 Å². The third kappa shape index (κ3) is 4.60. The van der Waals surface area contributed by atoms with Crippen molar-refractivity contribution in [2.75, 3.05) is 28.4 Å². The van der Waals surface area contributed by atoms with E-state index >= 15 is 0 Å². The van der Waals surface area contributed by atoms with E-state index in [2.05, 4.69) is 97.9 Å². The van der Waals surface area contributed by atoms with Crippen molar-refractivity contribution < 1.29 is 18.9 Å². The van der Waals surface area contributed by atoms with Crippen LogP contribution in [0.3, 0.4) is 0 Å². The van der Waals surface area contributed by atoms with Gasteiger partial charge in [0, 0.05) is 40.8 Å². The molecule has 194 valence electrons. The smallest absolute Gasteiger partial charge is 0.183 e. The fraction of sp³-hybridized carbons (Fsp3) is 0.333. The molecule has 1 atom stereocenters. The Bertz CT molecular complexity index is 1200. The molecule has 4 nitrogen and oxygen atoms in total. The topological polar surface area (TPSA) is 36.9 Å². The minimum atomic E-state index is -1.10. The molecule has 0 amide bonds. The molecule has 4 rings (SSSR count). The lowest BCUT2D eigenvalue weighted by atomic mass is 9.57. The molecule has 37 heavy (non-hydrogen) atoms. The number of benzene rings is 4. The molecule has 0 bridgehead atoms. The average molecular weight is 499 g/mol. The monoisotopic (exact) mass is 498 g/mol. The van der Waals surface area contributed by atoms with Crippen LogP contribution in [-0.2, 0) is 24.4 Å². The Kier molecular flexibility index (Phi) is 8.78. The molecular formula is C33H38O4. The highest BCUT2D eigenvalue weighted by Crippen LogP contribution is 2.57. The summed E-state index contributed by atoms with van der Waals surface area (Å²) in [5.74, 6) is -1.34. The summed E-state index contributed by atoms with van der Waals surface area (Å²) >= 11 is 0. The van der Waals surface area contributed by atoms with Crippen molar-refractivity contribution in [1.29, 1.82) is 0 Å². The van der Waals surface area contributed by atoms with Crippen LogP contribution in [0.1, 0.15) is 42.4 Å². The Morgan fingerprint density at radius 1 is 0.622 bits per heavy atom. The molecule has 4 aromatic rings. The highest BCUT2D eigenvalue weighted by Gasteiger charge is 2.64. The number of methoxy groups -OCH3 is 4. The van der Waals surface area contributed by atoms with E-state index in [9.17, 15) is 0 Å². The summed E-state index contributed by atoms with van der Waals surface area (Å²) in [6.45, 7) is 2.15. The van der Waals surface area contributed by atoms with Gasteiger partial charge >= 0.3 is 0 Å². The lowest BCUT2D eigenvalue weighted by Crippen LogP contribution is -2.64. The molecule has 1 unspecified atom stereocenters. The van der Waals surface area contributed by atoms with Gasteiger partial charge in [0.2, 0.25) is 0 Å². The first-order valence-electron chi connectivity index (χ1n) is 12.9. The zero-order valence-electron chi connectivity index (χ0n) is 22.5. The molecule has 0 radical (unpaired) electrons. The Balaban J connectivity index is 2.27. The summed E-state index contributed by atoms with van der Waals surface area (Å²) in [6, 6.07) is 35.9. The zero-order valence-corrected chi connectivity index (χ0v) is 22.5. The SMILES string of the molecule is CCCC(OC)(OC)C(c1cccc2ccccc12)(C(OC)OC)C(c1ccccc1)c1ccccc1. The second kappa shape index (κ2) is 12.0. The second-order valence-corrected chi connectivity index (χ2v) is 9.36. The van der Waals surface area contributed by atoms with Crippen molar-refractivity contribution in [3.05, 3.63) is 120 Å². The van der Waals surface area contributed by atoms with Crippen molar-refractivity contribution >= 4 is 10.8 Å². The fourth-order valence-corrected chi connectivity index (χ4v) is 6.25. The van der Waals surface area contributed by atoms with Gasteiger partial charge in [0.1, 0.15) is 5.41 Å². The lowest BCUT2D eigenvalue weighted by Gasteiger charge is -2.55. The third-order valence-corrected chi connectivity index (χ3v) is 7.63. The summed E-state index contributed by atoms with van der Waals surface area (Å²) in [5.41, 5.74) is 2.33. The number of ether oxygens (including phenoxy) is 4. The van der Waals surface area contributed by atoms with Crippen LogP contribution in [0.5, 0.6) is 0 Å². The van der Waals surface area contributed by atoms with E-state index in [0.29, 0.717) is 6.42 Å². The van der Waals surface area contributed by atoms with Crippen molar-refractivity contribution in [3.63, 3.8) is 0 Å². The molecule has 4 heteroatoms. The van der Waals surface area contributed by atoms with E-state index in [4.69, 9.17) is 18.9 Å². The predicted octanol–water partition coefficient (Wildman–Crippen LogP) is 7.32. The van der Waals surface area contributed by atoms with Crippen LogP contribution in [0.2, 0.25) is 0 Å². The summed E-state index contributed by atoms with van der Waals surface area (Å²) < 4.78 is 25.6. The molecule has 0 aliphatic heterocycles. The Morgan fingerprint density at radius 2 is 1.14 bits per heavy atom. The van der Waals surface area contributed by atoms with Gasteiger partial charge < -0.3 is 18.9 Å². The summed E-state index contributed by atoms with van der Waals surface area (Å²) in [6.07, 6.45) is 0.753. The van der Waals surface area contributed by atoms with E-state index < -0.39 is 17.5 Å². The quantitative estimate of drug-likeness (QED) is 0.192. The molecule has 0 aliphatic rings. The van der Waals surface area contributed by atoms with Crippen LogP contribution in [0.25, 0.3) is 10.8 Å². The van der Waals surface area contributed by atoms with Crippen molar-refractivity contribution in [1.82, 2.24) is 0 Å². The van der Waals surface area contributed by atoms with Gasteiger partial charge in [-0.05, 0) is 27.5 Å². The van der Waals surface area contributed by atoms with E-state index in [-0.39, 0.29) is 5.92 Å². The Hall–Kier alpha value is -3.02. The van der Waals surface area contributed by atoms with Gasteiger partial charge in [-0.25, -0.2) is 0 Å². The van der Waals surface area contributed by atoms with Crippen LogP contribution >= 0.6 is 0 Å². The number of rotatable bonds is 12. The summed E-state index contributed by atoms with van der Waals surface area (Å²) in [7, 11) is 6.86. The van der Waals surface area contributed by atoms with Crippen LogP contribution in [0.4, 0.5) is 0 Å². The van der Waals surface area contributed by atoms with Crippen LogP contribution in [0.15, 0.2) is 103 Å². The maximum atomic E-state index is 6.52. The van der Waals surface area contributed by atoms with Crippen molar-refractivity contribution in [3.8, 4) is 0 Å². The standard InChI is InChI=1S/C33H38O4/c1-6-24-32(36-4,37-5)33(31(34-2)35-3,29-23-15-21-25-16-13-14-22-28(25)29)30(26-17-9-7-10-18-26)27-19-11-8-12-20-27/h7-23,30-31H,6,24H2,1-5H3. The van der Waals surface area contributed by atoms with E-state index in [0.717, 1.165) is 33.9 Å². The maximum Gasteiger partial charge on any atom is 0.183 e. The van der Waals surface area contributed by atoms with Crippen LogP contribution in [-0.4, -0.2) is 40.5 Å². The largest absolute Gasteiger partial charge is 0.355 e. The Labute approximate surface area is 221 Å². The van der Waals surface area contributed by atoms with Gasteiger partial charge in [-0.1, -0.05) is 116 Å². The van der Waals surface area contributed by atoms with Gasteiger partial charge in [0.15, 0.2) is 12.1 Å². The molecule has 0 fully saturated rings. The Morgan fingerprint density at radius 3 is 1.65 bits per heavy atom. The third-order valence-electron chi connectivity index (χ3n) is 7.63. The first-order chi connectivity index (χ1) is 18.1. The van der Waals surface area contributed by atoms with Crippen LogP contribution < -0.4 is 0 Å². The van der Waals surface area contributed by atoms with Crippen molar-refractivity contribution in [2.45, 2.75) is 43.2 Å². The number of hydrogen-bond donors (Lipinski definition) is 0. The van der Waals surface area contributed by atoms with Crippen LogP contribution in [0, 0.1) is 0 Å². The summed E-state index contributed by atoms with van der Waals surface area (Å²) in [5, 5.41) is 2.24. The average Bonchev–Trinajstić information content (AvgIpc) is 2.97. The first kappa shape index (κ1) is 27.0. The number of hydrogen-bond acceptors (Lipinski definition) is 4. The molecule has 0 saturated carbocycles. The predicted molar refractivity (Wildman–Crippen MR) is 150 cm³/mol. The van der Waals surface area contributed by atoms with Gasteiger partial charge in [0.25, 0.3) is 0 Å². The van der Waals surface area contributed by atoms with Crippen molar-refractivity contribution in [2.24, 2.45) is 0 Å². The minimum absolute atomic E-state index is 0.239. The summed E-state index contributed by atoms with van der Waals surface area (Å²) in [4.78, 5) is 0. The molecule has 0 aromatic heterocycles. The first-order valence-corrected chi connectivity index (χ1v) is 12.9. The maximum absolute atomic E-state index is 6.52. The highest BCUT2D eigenvalue weighted by molar-refractivity contribution is 5.87. The molecule has 4 aromatic carbocycles. The molecule has 0 saturated heterocycles. The van der Waals surface area contributed by atoms with E-state index in [1.165, 1.54) is 0 Å². The molecular weight excluding hydrogens is 460 g/mol. The lowest BCUT2D eigenvalue weighted by molar-refractivity contribution is -0.310. The van der Waals surface area contributed by atoms with Gasteiger partial charge in [-0.2, -0.15) is 0 Å². The molecule has 0 N–H and O–H groups in total. The molecule has 0 aliphatic carbocycles.